The highest BCUT2D eigenvalue weighted by Gasteiger charge is 2.07. The fourth-order valence-corrected chi connectivity index (χ4v) is 1.96. The van der Waals surface area contributed by atoms with Gasteiger partial charge in [0.2, 0.25) is 5.91 Å². The number of hydrogen-bond acceptors (Lipinski definition) is 4. The average molecular weight is 325 g/mol. The van der Waals surface area contributed by atoms with Crippen molar-refractivity contribution in [1.29, 1.82) is 0 Å². The molecule has 1 amide bonds. The zero-order chi connectivity index (χ0) is 13.8. The minimum Gasteiger partial charge on any atom is -0.495 e. The second-order valence-electron chi connectivity index (χ2n) is 3.87. The molecule has 0 saturated heterocycles. The molecule has 7 heteroatoms. The summed E-state index contributed by atoms with van der Waals surface area (Å²) in [5.41, 5.74) is 6.71. The summed E-state index contributed by atoms with van der Waals surface area (Å²) in [6, 6.07) is 5.32. The summed E-state index contributed by atoms with van der Waals surface area (Å²) in [7, 11) is 1.57. The number of hydrogen-bond donors (Lipinski definition) is 2. The fourth-order valence-electron chi connectivity index (χ4n) is 1.55. The first kappa shape index (κ1) is 13.4. The number of benzene rings is 1. The summed E-state index contributed by atoms with van der Waals surface area (Å²) in [5, 5.41) is 6.70. The number of carbonyl (C=O) groups is 1. The number of nitrogens with one attached hydrogen (secondary N) is 1. The summed E-state index contributed by atoms with van der Waals surface area (Å²) in [6.07, 6.45) is 3.09. The highest BCUT2D eigenvalue weighted by Crippen LogP contribution is 2.27. The molecule has 6 nitrogen and oxygen atoms in total. The van der Waals surface area contributed by atoms with Crippen molar-refractivity contribution in [3.05, 3.63) is 35.1 Å². The van der Waals surface area contributed by atoms with Crippen molar-refractivity contribution < 1.29 is 9.53 Å². The number of carbonyl (C=O) groups excluding carboxylic acids is 1. The van der Waals surface area contributed by atoms with Gasteiger partial charge in [-0.15, -0.1) is 0 Å². The Morgan fingerprint density at radius 1 is 1.58 bits per heavy atom. The Labute approximate surface area is 118 Å². The van der Waals surface area contributed by atoms with E-state index in [0.29, 0.717) is 17.1 Å². The van der Waals surface area contributed by atoms with Crippen LogP contribution in [0.3, 0.4) is 0 Å². The topological polar surface area (TPSA) is 82.2 Å². The molecular formula is C12H13BrN4O2. The Morgan fingerprint density at radius 2 is 2.37 bits per heavy atom. The highest BCUT2D eigenvalue weighted by molar-refractivity contribution is 9.10. The van der Waals surface area contributed by atoms with Gasteiger partial charge in [-0.1, -0.05) is 0 Å². The molecule has 0 radical (unpaired) electrons. The predicted octanol–water partition coefficient (Wildman–Crippen LogP) is 1.88. The van der Waals surface area contributed by atoms with Gasteiger partial charge >= 0.3 is 0 Å². The molecule has 0 unspecified atom stereocenters. The SMILES string of the molecule is COc1cc(NC(=O)Cn2cc(N)cn2)ccc1Br. The van der Waals surface area contributed by atoms with E-state index in [1.54, 1.807) is 31.5 Å². The van der Waals surface area contributed by atoms with Crippen molar-refractivity contribution >= 4 is 33.2 Å². The van der Waals surface area contributed by atoms with Crippen LogP contribution in [0.15, 0.2) is 35.1 Å². The maximum absolute atomic E-state index is 11.8. The van der Waals surface area contributed by atoms with Crippen LogP contribution < -0.4 is 15.8 Å². The molecule has 0 aliphatic heterocycles. The fraction of sp³-hybridized carbons (Fsp3) is 0.167. The van der Waals surface area contributed by atoms with E-state index < -0.39 is 0 Å². The largest absolute Gasteiger partial charge is 0.495 e. The molecule has 2 aromatic rings. The Balaban J connectivity index is 2.02. The molecule has 2 rings (SSSR count). The lowest BCUT2D eigenvalue weighted by molar-refractivity contribution is -0.116. The predicted molar refractivity (Wildman–Crippen MR) is 76.0 cm³/mol. The van der Waals surface area contributed by atoms with Crippen LogP contribution in [0.1, 0.15) is 0 Å². The summed E-state index contributed by atoms with van der Waals surface area (Å²) < 4.78 is 7.46. The maximum Gasteiger partial charge on any atom is 0.246 e. The lowest BCUT2D eigenvalue weighted by Gasteiger charge is -2.08. The number of methoxy groups -OCH3 is 1. The molecule has 100 valence electrons. The monoisotopic (exact) mass is 324 g/mol. The van der Waals surface area contributed by atoms with Gasteiger partial charge in [-0.3, -0.25) is 9.48 Å². The number of nitrogens with zero attached hydrogens (tertiary/aromatic N) is 2. The molecule has 0 bridgehead atoms. The van der Waals surface area contributed by atoms with Crippen molar-refractivity contribution in [3.63, 3.8) is 0 Å². The second kappa shape index (κ2) is 5.75. The average Bonchev–Trinajstić information content (AvgIpc) is 2.77. The van der Waals surface area contributed by atoms with Gasteiger partial charge in [0.25, 0.3) is 0 Å². The van der Waals surface area contributed by atoms with Crippen LogP contribution in [0.5, 0.6) is 5.75 Å². The van der Waals surface area contributed by atoms with E-state index >= 15 is 0 Å². The van der Waals surface area contributed by atoms with Crippen LogP contribution in [0.2, 0.25) is 0 Å². The van der Waals surface area contributed by atoms with Gasteiger partial charge in [0.1, 0.15) is 12.3 Å². The lowest BCUT2D eigenvalue weighted by Crippen LogP contribution is -2.19. The third-order valence-corrected chi connectivity index (χ3v) is 3.05. The van der Waals surface area contributed by atoms with Gasteiger partial charge in [-0.05, 0) is 28.1 Å². The highest BCUT2D eigenvalue weighted by atomic mass is 79.9. The van der Waals surface area contributed by atoms with Crippen LogP contribution in [-0.2, 0) is 11.3 Å². The molecule has 0 fully saturated rings. The van der Waals surface area contributed by atoms with Crippen molar-refractivity contribution in [2.75, 3.05) is 18.2 Å². The van der Waals surface area contributed by atoms with E-state index in [1.165, 1.54) is 10.9 Å². The molecule has 3 N–H and O–H groups in total. The van der Waals surface area contributed by atoms with Gasteiger partial charge in [0.15, 0.2) is 0 Å². The lowest BCUT2D eigenvalue weighted by atomic mass is 10.3. The molecular weight excluding hydrogens is 312 g/mol. The van der Waals surface area contributed by atoms with Crippen LogP contribution >= 0.6 is 15.9 Å². The molecule has 0 atom stereocenters. The van der Waals surface area contributed by atoms with Crippen molar-refractivity contribution in [2.24, 2.45) is 0 Å². The smallest absolute Gasteiger partial charge is 0.246 e. The van der Waals surface area contributed by atoms with Crippen molar-refractivity contribution in [3.8, 4) is 5.75 Å². The number of aromatic nitrogens is 2. The first-order chi connectivity index (χ1) is 9.08. The van der Waals surface area contributed by atoms with Gasteiger partial charge in [0, 0.05) is 18.0 Å². The van der Waals surface area contributed by atoms with Gasteiger partial charge in [-0.2, -0.15) is 5.10 Å². The zero-order valence-corrected chi connectivity index (χ0v) is 11.8. The number of halogens is 1. The quantitative estimate of drug-likeness (QED) is 0.899. The van der Waals surface area contributed by atoms with E-state index in [2.05, 4.69) is 26.3 Å². The molecule has 1 aromatic heterocycles. The molecule has 0 aliphatic carbocycles. The summed E-state index contributed by atoms with van der Waals surface area (Å²) >= 11 is 3.35. The summed E-state index contributed by atoms with van der Waals surface area (Å²) in [6.45, 7) is 0.107. The number of nitrogens with two attached hydrogens (primary N) is 1. The van der Waals surface area contributed by atoms with E-state index in [1.807, 2.05) is 0 Å². The number of rotatable bonds is 4. The van der Waals surface area contributed by atoms with Crippen LogP contribution in [0, 0.1) is 0 Å². The number of ether oxygens (including phenoxy) is 1. The third-order valence-electron chi connectivity index (χ3n) is 2.39. The van der Waals surface area contributed by atoms with Crippen LogP contribution in [0.25, 0.3) is 0 Å². The number of anilines is 2. The Kier molecular flexibility index (Phi) is 4.06. The molecule has 1 aromatic carbocycles. The standard InChI is InChI=1S/C12H13BrN4O2/c1-19-11-4-9(2-3-10(11)13)16-12(18)7-17-6-8(14)5-15-17/h2-6H,7,14H2,1H3,(H,16,18). The number of amides is 1. The van der Waals surface area contributed by atoms with Gasteiger partial charge in [-0.25, -0.2) is 0 Å². The summed E-state index contributed by atoms with van der Waals surface area (Å²) in [5.74, 6) is 0.466. The first-order valence-electron chi connectivity index (χ1n) is 5.50. The molecule has 0 spiro atoms. The molecule has 1 heterocycles. The molecule has 0 aliphatic rings. The minimum atomic E-state index is -0.188. The van der Waals surface area contributed by atoms with E-state index in [4.69, 9.17) is 10.5 Å². The van der Waals surface area contributed by atoms with Crippen molar-refractivity contribution in [2.45, 2.75) is 6.54 Å². The Bertz CT molecular complexity index is 597. The summed E-state index contributed by atoms with van der Waals surface area (Å²) in [4.78, 5) is 11.8. The maximum atomic E-state index is 11.8. The Hall–Kier alpha value is -2.02. The third kappa shape index (κ3) is 3.47. The molecule has 19 heavy (non-hydrogen) atoms. The van der Waals surface area contributed by atoms with Crippen LogP contribution in [-0.4, -0.2) is 22.8 Å². The minimum absolute atomic E-state index is 0.107. The first-order valence-corrected chi connectivity index (χ1v) is 6.29. The van der Waals surface area contributed by atoms with Gasteiger partial charge in [0.05, 0.1) is 23.5 Å². The second-order valence-corrected chi connectivity index (χ2v) is 4.72. The van der Waals surface area contributed by atoms with Crippen molar-refractivity contribution in [1.82, 2.24) is 9.78 Å². The van der Waals surface area contributed by atoms with E-state index in [9.17, 15) is 4.79 Å². The zero-order valence-electron chi connectivity index (χ0n) is 10.3. The molecule has 0 saturated carbocycles. The normalized spacial score (nSPS) is 10.2. The van der Waals surface area contributed by atoms with Gasteiger partial charge < -0.3 is 15.8 Å². The number of nitrogen functional groups attached to an aromatic ring is 1. The van der Waals surface area contributed by atoms with E-state index in [0.717, 1.165) is 4.47 Å². The van der Waals surface area contributed by atoms with Crippen LogP contribution in [0.4, 0.5) is 11.4 Å². The van der Waals surface area contributed by atoms with E-state index in [-0.39, 0.29) is 12.5 Å². The Morgan fingerprint density at radius 3 is 3.00 bits per heavy atom.